The first kappa shape index (κ1) is 10.6. The van der Waals surface area contributed by atoms with Gasteiger partial charge in [0, 0.05) is 23.1 Å². The minimum atomic E-state index is 0.0949. The number of fused-ring (bicyclic) bond motifs is 1. The van der Waals surface area contributed by atoms with Gasteiger partial charge in [0.05, 0.1) is 5.52 Å². The molecule has 2 heteroatoms. The molecule has 0 amide bonds. The van der Waals surface area contributed by atoms with Crippen molar-refractivity contribution in [2.75, 3.05) is 0 Å². The van der Waals surface area contributed by atoms with Crippen molar-refractivity contribution in [2.24, 2.45) is 0 Å². The van der Waals surface area contributed by atoms with E-state index in [9.17, 15) is 4.79 Å². The molecule has 16 heavy (non-hydrogen) atoms. The lowest BCUT2D eigenvalue weighted by atomic mass is 10.1. The lowest BCUT2D eigenvalue weighted by Gasteiger charge is -2.02. The van der Waals surface area contributed by atoms with E-state index in [1.165, 1.54) is 0 Å². The zero-order valence-corrected chi connectivity index (χ0v) is 9.23. The van der Waals surface area contributed by atoms with Gasteiger partial charge in [-0.25, -0.2) is 0 Å². The predicted molar refractivity (Wildman–Crippen MR) is 65.6 cm³/mol. The molecule has 0 radical (unpaired) electrons. The highest BCUT2D eigenvalue weighted by molar-refractivity contribution is 6.00. The number of benzene rings is 1. The van der Waals surface area contributed by atoms with Crippen LogP contribution in [0.4, 0.5) is 0 Å². The van der Waals surface area contributed by atoms with Gasteiger partial charge in [0.25, 0.3) is 0 Å². The molecule has 0 saturated heterocycles. The Kier molecular flexibility index (Phi) is 2.82. The summed E-state index contributed by atoms with van der Waals surface area (Å²) in [5.74, 6) is 0.0949. The molecule has 1 aromatic heterocycles. The van der Waals surface area contributed by atoms with Gasteiger partial charge in [0.1, 0.15) is 0 Å². The molecule has 0 spiro atoms. The Bertz CT molecular complexity index is 558. The van der Waals surface area contributed by atoms with Crippen molar-refractivity contribution in [1.29, 1.82) is 0 Å². The highest BCUT2D eigenvalue weighted by Gasteiger charge is 2.04. The molecule has 0 bridgehead atoms. The van der Waals surface area contributed by atoms with Gasteiger partial charge in [-0.15, -0.1) is 6.58 Å². The maximum absolute atomic E-state index is 11.7. The molecule has 2 nitrogen and oxygen atoms in total. The number of allylic oxidation sites excluding steroid dienone is 1. The van der Waals surface area contributed by atoms with Gasteiger partial charge in [0.15, 0.2) is 5.78 Å². The summed E-state index contributed by atoms with van der Waals surface area (Å²) in [6.07, 6.45) is 2.00. The number of carbonyl (C=O) groups excluding carboxylic acids is 1. The Balaban J connectivity index is 2.48. The average Bonchev–Trinajstić information content (AvgIpc) is 2.28. The Morgan fingerprint density at radius 2 is 2.19 bits per heavy atom. The highest BCUT2D eigenvalue weighted by atomic mass is 16.1. The molecular formula is C14H13NO. The predicted octanol–water partition coefficient (Wildman–Crippen LogP) is 3.30. The third-order valence-electron chi connectivity index (χ3n) is 2.48. The van der Waals surface area contributed by atoms with Crippen LogP contribution in [0.5, 0.6) is 0 Å². The van der Waals surface area contributed by atoms with Crippen molar-refractivity contribution < 1.29 is 4.79 Å². The van der Waals surface area contributed by atoms with Crippen LogP contribution in [0.1, 0.15) is 22.5 Å². The molecule has 0 atom stereocenters. The summed E-state index contributed by atoms with van der Waals surface area (Å²) in [6.45, 7) is 5.52. The van der Waals surface area contributed by atoms with Gasteiger partial charge in [-0.1, -0.05) is 12.1 Å². The van der Waals surface area contributed by atoms with E-state index in [1.807, 2.05) is 37.3 Å². The first-order valence-corrected chi connectivity index (χ1v) is 5.22. The Labute approximate surface area is 94.6 Å². The minimum Gasteiger partial charge on any atom is -0.294 e. The third kappa shape index (κ3) is 2.01. The van der Waals surface area contributed by atoms with Crippen LogP contribution in [0, 0.1) is 6.92 Å². The molecule has 80 valence electrons. The molecule has 0 aliphatic carbocycles. The molecule has 2 rings (SSSR count). The first-order chi connectivity index (χ1) is 7.70. The summed E-state index contributed by atoms with van der Waals surface area (Å²) in [6, 6.07) is 9.53. The number of aryl methyl sites for hydroxylation is 1. The topological polar surface area (TPSA) is 30.0 Å². The van der Waals surface area contributed by atoms with E-state index in [0.717, 1.165) is 22.2 Å². The van der Waals surface area contributed by atoms with Gasteiger partial charge in [-0.2, -0.15) is 0 Å². The summed E-state index contributed by atoms with van der Waals surface area (Å²) >= 11 is 0. The van der Waals surface area contributed by atoms with Crippen LogP contribution < -0.4 is 0 Å². The van der Waals surface area contributed by atoms with Gasteiger partial charge >= 0.3 is 0 Å². The van der Waals surface area contributed by atoms with Crippen LogP contribution in [0.25, 0.3) is 10.9 Å². The number of nitrogens with zero attached hydrogens (tertiary/aromatic N) is 1. The van der Waals surface area contributed by atoms with E-state index in [4.69, 9.17) is 0 Å². The summed E-state index contributed by atoms with van der Waals surface area (Å²) in [5.41, 5.74) is 2.63. The summed E-state index contributed by atoms with van der Waals surface area (Å²) in [5, 5.41) is 1.00. The van der Waals surface area contributed by atoms with Gasteiger partial charge in [-0.3, -0.25) is 9.78 Å². The van der Waals surface area contributed by atoms with Crippen molar-refractivity contribution in [3.8, 4) is 0 Å². The van der Waals surface area contributed by atoms with E-state index in [1.54, 1.807) is 6.08 Å². The lowest BCUT2D eigenvalue weighted by Crippen LogP contribution is -1.97. The van der Waals surface area contributed by atoms with Crippen molar-refractivity contribution in [3.05, 3.63) is 54.2 Å². The molecule has 0 N–H and O–H groups in total. The normalized spacial score (nSPS) is 10.3. The van der Waals surface area contributed by atoms with Crippen LogP contribution in [0.3, 0.4) is 0 Å². The van der Waals surface area contributed by atoms with Gasteiger partial charge < -0.3 is 0 Å². The van der Waals surface area contributed by atoms with E-state index in [0.29, 0.717) is 6.42 Å². The molecule has 1 aromatic carbocycles. The number of pyridine rings is 1. The smallest absolute Gasteiger partial charge is 0.166 e. The third-order valence-corrected chi connectivity index (χ3v) is 2.48. The number of ketones is 1. The number of hydrogen-bond donors (Lipinski definition) is 0. The fourth-order valence-corrected chi connectivity index (χ4v) is 1.65. The van der Waals surface area contributed by atoms with E-state index in [2.05, 4.69) is 11.6 Å². The lowest BCUT2D eigenvalue weighted by molar-refractivity contribution is 0.0996. The van der Waals surface area contributed by atoms with Crippen molar-refractivity contribution in [2.45, 2.75) is 13.3 Å². The maximum atomic E-state index is 11.7. The van der Waals surface area contributed by atoms with Crippen LogP contribution >= 0.6 is 0 Å². The summed E-state index contributed by atoms with van der Waals surface area (Å²) in [4.78, 5) is 16.1. The standard InChI is InChI=1S/C14H13NO/c1-3-4-14(16)12-7-8-13-11(9-12)6-5-10(2)15-13/h3,5-9H,1,4H2,2H3. The zero-order chi connectivity index (χ0) is 11.5. The molecule has 0 fully saturated rings. The van der Waals surface area contributed by atoms with E-state index in [-0.39, 0.29) is 5.78 Å². The Morgan fingerprint density at radius 3 is 2.94 bits per heavy atom. The maximum Gasteiger partial charge on any atom is 0.166 e. The minimum absolute atomic E-state index is 0.0949. The number of Topliss-reactive ketones (excluding diaryl/α,β-unsaturated/α-hetero) is 1. The summed E-state index contributed by atoms with van der Waals surface area (Å²) < 4.78 is 0. The molecule has 0 aliphatic rings. The monoisotopic (exact) mass is 211 g/mol. The fraction of sp³-hybridized carbons (Fsp3) is 0.143. The molecule has 0 aliphatic heterocycles. The number of carbonyl (C=O) groups is 1. The van der Waals surface area contributed by atoms with Gasteiger partial charge in [-0.05, 0) is 31.2 Å². The van der Waals surface area contributed by atoms with E-state index < -0.39 is 0 Å². The molecule has 0 unspecified atom stereocenters. The molecular weight excluding hydrogens is 198 g/mol. The summed E-state index contributed by atoms with van der Waals surface area (Å²) in [7, 11) is 0. The second-order valence-electron chi connectivity index (χ2n) is 3.78. The van der Waals surface area contributed by atoms with E-state index >= 15 is 0 Å². The van der Waals surface area contributed by atoms with Crippen LogP contribution in [0.2, 0.25) is 0 Å². The fourth-order valence-electron chi connectivity index (χ4n) is 1.65. The van der Waals surface area contributed by atoms with Crippen molar-refractivity contribution >= 4 is 16.7 Å². The van der Waals surface area contributed by atoms with Crippen molar-refractivity contribution in [3.63, 3.8) is 0 Å². The molecule has 0 saturated carbocycles. The second kappa shape index (κ2) is 4.27. The largest absolute Gasteiger partial charge is 0.294 e. The quantitative estimate of drug-likeness (QED) is 0.576. The first-order valence-electron chi connectivity index (χ1n) is 5.22. The Hall–Kier alpha value is -1.96. The molecule has 2 aromatic rings. The number of hydrogen-bond acceptors (Lipinski definition) is 2. The van der Waals surface area contributed by atoms with Crippen molar-refractivity contribution in [1.82, 2.24) is 4.98 Å². The zero-order valence-electron chi connectivity index (χ0n) is 9.23. The van der Waals surface area contributed by atoms with Crippen LogP contribution in [-0.4, -0.2) is 10.8 Å². The highest BCUT2D eigenvalue weighted by Crippen LogP contribution is 2.15. The Morgan fingerprint density at radius 1 is 1.38 bits per heavy atom. The van der Waals surface area contributed by atoms with Gasteiger partial charge in [0.2, 0.25) is 0 Å². The number of aromatic nitrogens is 1. The molecule has 1 heterocycles. The second-order valence-corrected chi connectivity index (χ2v) is 3.78. The SMILES string of the molecule is C=CCC(=O)c1ccc2nc(C)ccc2c1. The average molecular weight is 211 g/mol. The van der Waals surface area contributed by atoms with Crippen LogP contribution in [-0.2, 0) is 0 Å². The van der Waals surface area contributed by atoms with Crippen LogP contribution in [0.15, 0.2) is 43.0 Å². The number of rotatable bonds is 3.